The Morgan fingerprint density at radius 1 is 1.45 bits per heavy atom. The van der Waals surface area contributed by atoms with Crippen LogP contribution in [0, 0.1) is 0 Å². The van der Waals surface area contributed by atoms with Crippen molar-refractivity contribution in [2.75, 3.05) is 0 Å². The first-order chi connectivity index (χ1) is 5.15. The minimum atomic E-state index is -0.796. The van der Waals surface area contributed by atoms with E-state index in [0.29, 0.717) is 0 Å². The predicted octanol–water partition coefficient (Wildman–Crippen LogP) is 1.18. The van der Waals surface area contributed by atoms with E-state index in [2.05, 4.69) is 9.98 Å². The molecule has 1 atom stereocenters. The van der Waals surface area contributed by atoms with Gasteiger partial charge in [-0.2, -0.15) is 0 Å². The number of hydrogen-bond acceptors (Lipinski definition) is 3. The Labute approximate surface area is 81.1 Å². The molecule has 11 heavy (non-hydrogen) atoms. The van der Waals surface area contributed by atoms with Crippen molar-refractivity contribution in [3.05, 3.63) is 0 Å². The average Bonchev–Trinajstić information content (AvgIpc) is 1.85. The fourth-order valence-electron chi connectivity index (χ4n) is 0.489. The van der Waals surface area contributed by atoms with E-state index in [0.717, 1.165) is 0 Å². The molecule has 60 valence electrons. The summed E-state index contributed by atoms with van der Waals surface area (Å²) in [5.74, 6) is 0. The molecule has 7 heteroatoms. The maximum atomic E-state index is 10.3. The second-order valence-electron chi connectivity index (χ2n) is 1.58. The molecule has 0 aliphatic carbocycles. The van der Waals surface area contributed by atoms with Crippen molar-refractivity contribution in [3.63, 3.8) is 0 Å². The lowest BCUT2D eigenvalue weighted by molar-refractivity contribution is 0.701. The van der Waals surface area contributed by atoms with Crippen LogP contribution in [0.1, 0.15) is 0 Å². The molecule has 0 saturated carbocycles. The molecule has 0 amide bonds. The summed E-state index contributed by atoms with van der Waals surface area (Å²) in [6.45, 7) is 0. The van der Waals surface area contributed by atoms with Crippen LogP contribution in [0.3, 0.4) is 0 Å². The number of hydrogen-bond donors (Lipinski definition) is 0. The highest BCUT2D eigenvalue weighted by Gasteiger charge is 2.21. The number of nitrogens with zero attached hydrogens (tertiary/aromatic N) is 2. The molecular weight excluding hydrogens is 230 g/mol. The Kier molecular flexibility index (Phi) is 3.06. The number of rotatable bonds is 0. The van der Waals surface area contributed by atoms with E-state index in [-0.39, 0.29) is 26.6 Å². The van der Waals surface area contributed by atoms with Crippen molar-refractivity contribution >= 4 is 61.4 Å². The smallest absolute Gasteiger partial charge is 0.221 e. The van der Waals surface area contributed by atoms with Gasteiger partial charge >= 0.3 is 0 Å². The Morgan fingerprint density at radius 3 is 2.55 bits per heavy atom. The van der Waals surface area contributed by atoms with Gasteiger partial charge in [-0.25, -0.2) is 14.2 Å². The van der Waals surface area contributed by atoms with Gasteiger partial charge in [-0.15, -0.1) is 0 Å². The fraction of sp³-hybridized carbons (Fsp3) is 0.250. The van der Waals surface area contributed by atoms with Gasteiger partial charge in [-0.05, 0) is 11.6 Å². The molecule has 1 rings (SSSR count). The molecule has 0 bridgehead atoms. The molecular formula is C4HCl3N2OS. The van der Waals surface area contributed by atoms with Crippen LogP contribution in [0.2, 0.25) is 0 Å². The first-order valence-corrected chi connectivity index (χ1v) is 4.37. The molecule has 0 spiro atoms. The Hall–Kier alpha value is 0.1000. The molecule has 0 radical (unpaired) electrons. The highest BCUT2D eigenvalue weighted by molar-refractivity contribution is 7.69. The number of amidine groups is 1. The molecule has 1 aliphatic rings. The summed E-state index contributed by atoms with van der Waals surface area (Å²) in [6.07, 6.45) is 0. The second kappa shape index (κ2) is 3.67. The summed E-state index contributed by atoms with van der Waals surface area (Å²) in [5, 5.41) is -0.0159. The van der Waals surface area contributed by atoms with E-state index < -0.39 is 5.50 Å². The van der Waals surface area contributed by atoms with Gasteiger partial charge in [0.15, 0.2) is 10.7 Å². The Bertz CT molecular complexity index is 294. The lowest BCUT2D eigenvalue weighted by Crippen LogP contribution is -2.24. The van der Waals surface area contributed by atoms with Gasteiger partial charge in [0, 0.05) is 0 Å². The summed E-state index contributed by atoms with van der Waals surface area (Å²) >= 11 is 16.7. The van der Waals surface area contributed by atoms with Gasteiger partial charge in [0.05, 0.1) is 11.3 Å². The van der Waals surface area contributed by atoms with Crippen molar-refractivity contribution < 1.29 is 4.21 Å². The minimum Gasteiger partial charge on any atom is -0.230 e. The Morgan fingerprint density at radius 2 is 2.09 bits per heavy atom. The zero-order valence-corrected chi connectivity index (χ0v) is 8.01. The van der Waals surface area contributed by atoms with Crippen LogP contribution in [0.25, 0.3) is 0 Å². The van der Waals surface area contributed by atoms with Crippen LogP contribution < -0.4 is 0 Å². The number of aliphatic imine (C=N–C) groups is 2. The van der Waals surface area contributed by atoms with Gasteiger partial charge in [-0.3, -0.25) is 0 Å². The minimum absolute atomic E-state index is 0.0185. The Balaban J connectivity index is 3.10. The molecule has 0 N–H and O–H groups in total. The summed E-state index contributed by atoms with van der Waals surface area (Å²) < 4.78 is 10.3. The molecule has 1 aliphatic heterocycles. The van der Waals surface area contributed by atoms with Gasteiger partial charge in [0.2, 0.25) is 5.29 Å². The first kappa shape index (κ1) is 9.19. The molecule has 1 heterocycles. The normalized spacial score (nSPS) is 24.3. The molecule has 1 unspecified atom stereocenters. The first-order valence-electron chi connectivity index (χ1n) is 2.43. The summed E-state index contributed by atoms with van der Waals surface area (Å²) in [4.78, 5) is 7.32. The fourth-order valence-corrected chi connectivity index (χ4v) is 1.65. The van der Waals surface area contributed by atoms with Crippen LogP contribution in [-0.2, 0) is 11.3 Å². The third-order valence-electron chi connectivity index (χ3n) is 0.920. The topological polar surface area (TPSA) is 41.8 Å². The number of alkyl halides is 1. The van der Waals surface area contributed by atoms with E-state index >= 15 is 0 Å². The van der Waals surface area contributed by atoms with Crippen molar-refractivity contribution in [2.24, 2.45) is 9.98 Å². The largest absolute Gasteiger partial charge is 0.230 e. The summed E-state index contributed by atoms with van der Waals surface area (Å²) in [6, 6.07) is 0. The van der Waals surface area contributed by atoms with Crippen molar-refractivity contribution in [2.45, 2.75) is 5.50 Å². The van der Waals surface area contributed by atoms with Gasteiger partial charge in [-0.1, -0.05) is 23.2 Å². The van der Waals surface area contributed by atoms with E-state index in [1.807, 2.05) is 0 Å². The van der Waals surface area contributed by atoms with Crippen molar-refractivity contribution in [1.82, 2.24) is 0 Å². The highest BCUT2D eigenvalue weighted by Crippen LogP contribution is 2.12. The van der Waals surface area contributed by atoms with E-state index in [1.165, 1.54) is 0 Å². The second-order valence-corrected chi connectivity index (χ2v) is 3.30. The van der Waals surface area contributed by atoms with E-state index in [4.69, 9.17) is 34.8 Å². The summed E-state index contributed by atoms with van der Waals surface area (Å²) in [5.41, 5.74) is -0.796. The van der Waals surface area contributed by atoms with Crippen LogP contribution >= 0.6 is 34.8 Å². The van der Waals surface area contributed by atoms with Crippen LogP contribution in [0.5, 0.6) is 0 Å². The van der Waals surface area contributed by atoms with Crippen LogP contribution in [0.4, 0.5) is 0 Å². The maximum absolute atomic E-state index is 10.3. The molecule has 0 aromatic heterocycles. The molecule has 0 saturated heterocycles. The van der Waals surface area contributed by atoms with Crippen LogP contribution in [0.15, 0.2) is 9.98 Å². The van der Waals surface area contributed by atoms with Crippen molar-refractivity contribution in [3.8, 4) is 0 Å². The average molecular weight is 231 g/mol. The zero-order chi connectivity index (χ0) is 8.43. The molecule has 0 aromatic carbocycles. The third-order valence-corrected chi connectivity index (χ3v) is 2.54. The zero-order valence-electron chi connectivity index (χ0n) is 4.92. The van der Waals surface area contributed by atoms with E-state index in [9.17, 15) is 4.21 Å². The maximum Gasteiger partial charge on any atom is 0.221 e. The van der Waals surface area contributed by atoms with Gasteiger partial charge < -0.3 is 0 Å². The highest BCUT2D eigenvalue weighted by atomic mass is 35.5. The quantitative estimate of drug-likeness (QED) is 0.351. The summed E-state index contributed by atoms with van der Waals surface area (Å²) in [7, 11) is 0. The van der Waals surface area contributed by atoms with E-state index in [1.54, 1.807) is 0 Å². The number of halogens is 3. The molecule has 3 nitrogen and oxygen atoms in total. The molecule has 0 fully saturated rings. The van der Waals surface area contributed by atoms with Gasteiger partial charge in [0.25, 0.3) is 0 Å². The van der Waals surface area contributed by atoms with Crippen LogP contribution in [-0.4, -0.2) is 25.0 Å². The lowest BCUT2D eigenvalue weighted by Gasteiger charge is -2.08. The third kappa shape index (κ3) is 2.02. The lowest BCUT2D eigenvalue weighted by atomic mass is 10.4. The van der Waals surface area contributed by atoms with Crippen molar-refractivity contribution in [1.29, 1.82) is 0 Å². The molecule has 0 aromatic rings. The standard InChI is InChI=1S/C4HCl3N2OS/c5-2-1(11-10)3(6)9-4(7)8-2/h2H. The monoisotopic (exact) mass is 230 g/mol. The predicted molar refractivity (Wildman–Crippen MR) is 49.4 cm³/mol. The van der Waals surface area contributed by atoms with Gasteiger partial charge in [0.1, 0.15) is 4.86 Å². The SMILES string of the molecule is O=S=C1C(Cl)=NC(Cl)=NC1Cl.